The van der Waals surface area contributed by atoms with E-state index in [9.17, 15) is 19.7 Å². The molecular formula is C23H29N3O6. The molecule has 0 aliphatic carbocycles. The Morgan fingerprint density at radius 2 is 2.06 bits per heavy atom. The fourth-order valence-electron chi connectivity index (χ4n) is 3.72. The van der Waals surface area contributed by atoms with Crippen LogP contribution in [0.3, 0.4) is 0 Å². The third-order valence-corrected chi connectivity index (χ3v) is 5.57. The molecule has 32 heavy (non-hydrogen) atoms. The number of amides is 2. The zero-order chi connectivity index (χ0) is 23.3. The van der Waals surface area contributed by atoms with Crippen LogP contribution in [0.15, 0.2) is 41.0 Å². The predicted molar refractivity (Wildman–Crippen MR) is 117 cm³/mol. The third kappa shape index (κ3) is 5.73. The van der Waals surface area contributed by atoms with Gasteiger partial charge in [0.25, 0.3) is 11.6 Å². The molecule has 9 nitrogen and oxygen atoms in total. The zero-order valence-electron chi connectivity index (χ0n) is 18.7. The molecular weight excluding hydrogens is 414 g/mol. The molecule has 1 atom stereocenters. The SMILES string of the molecule is Cc1ccc(C(=O)N(CC(=O)N(Cc2ccco2)CC2CCCO2)C(C)C)cc1[N+](=O)[O-]. The van der Waals surface area contributed by atoms with Crippen molar-refractivity contribution >= 4 is 17.5 Å². The highest BCUT2D eigenvalue weighted by atomic mass is 16.6. The maximum absolute atomic E-state index is 13.3. The minimum absolute atomic E-state index is 0.0446. The number of benzene rings is 1. The van der Waals surface area contributed by atoms with Crippen LogP contribution in [-0.4, -0.2) is 58.4 Å². The van der Waals surface area contributed by atoms with Crippen molar-refractivity contribution < 1.29 is 23.7 Å². The minimum atomic E-state index is -0.510. The van der Waals surface area contributed by atoms with Crippen molar-refractivity contribution in [2.45, 2.75) is 52.3 Å². The number of carbonyl (C=O) groups is 2. The van der Waals surface area contributed by atoms with Gasteiger partial charge in [-0.1, -0.05) is 6.07 Å². The van der Waals surface area contributed by atoms with E-state index < -0.39 is 10.8 Å². The molecule has 1 unspecified atom stereocenters. The highest BCUT2D eigenvalue weighted by Gasteiger charge is 2.28. The first kappa shape index (κ1) is 23.5. The number of nitro groups is 1. The number of nitro benzene ring substituents is 1. The number of carbonyl (C=O) groups excluding carboxylic acids is 2. The van der Waals surface area contributed by atoms with E-state index in [2.05, 4.69) is 0 Å². The summed E-state index contributed by atoms with van der Waals surface area (Å²) in [7, 11) is 0. The van der Waals surface area contributed by atoms with E-state index in [1.807, 2.05) is 13.8 Å². The monoisotopic (exact) mass is 443 g/mol. The Bertz CT molecular complexity index is 951. The fraction of sp³-hybridized carbons (Fsp3) is 0.478. The Hall–Kier alpha value is -3.20. The lowest BCUT2D eigenvalue weighted by molar-refractivity contribution is -0.385. The van der Waals surface area contributed by atoms with Crippen LogP contribution in [0.1, 0.15) is 48.4 Å². The van der Waals surface area contributed by atoms with Crippen LogP contribution in [-0.2, 0) is 16.1 Å². The minimum Gasteiger partial charge on any atom is -0.467 e. The van der Waals surface area contributed by atoms with Gasteiger partial charge in [-0.05, 0) is 51.8 Å². The summed E-state index contributed by atoms with van der Waals surface area (Å²) in [6.07, 6.45) is 3.34. The summed E-state index contributed by atoms with van der Waals surface area (Å²) in [4.78, 5) is 40.3. The first-order chi connectivity index (χ1) is 15.3. The predicted octanol–water partition coefficient (Wildman–Crippen LogP) is 3.55. The van der Waals surface area contributed by atoms with Crippen LogP contribution >= 0.6 is 0 Å². The van der Waals surface area contributed by atoms with Crippen molar-refractivity contribution in [2.75, 3.05) is 19.7 Å². The molecule has 2 amide bonds. The highest BCUT2D eigenvalue weighted by molar-refractivity contribution is 5.97. The van der Waals surface area contributed by atoms with E-state index >= 15 is 0 Å². The number of hydrogen-bond donors (Lipinski definition) is 0. The third-order valence-electron chi connectivity index (χ3n) is 5.57. The van der Waals surface area contributed by atoms with Gasteiger partial charge in [0.15, 0.2) is 0 Å². The Morgan fingerprint density at radius 3 is 2.66 bits per heavy atom. The van der Waals surface area contributed by atoms with Crippen molar-refractivity contribution in [3.05, 3.63) is 63.6 Å². The van der Waals surface area contributed by atoms with E-state index in [1.165, 1.54) is 11.0 Å². The molecule has 3 rings (SSSR count). The molecule has 1 saturated heterocycles. The van der Waals surface area contributed by atoms with Crippen molar-refractivity contribution in [2.24, 2.45) is 0 Å². The highest BCUT2D eigenvalue weighted by Crippen LogP contribution is 2.21. The molecule has 1 aromatic carbocycles. The topological polar surface area (TPSA) is 106 Å². The molecule has 172 valence electrons. The summed E-state index contributed by atoms with van der Waals surface area (Å²) in [5, 5.41) is 11.3. The van der Waals surface area contributed by atoms with Gasteiger partial charge in [-0.15, -0.1) is 0 Å². The Morgan fingerprint density at radius 1 is 1.28 bits per heavy atom. The number of furan rings is 1. The Labute approximate surface area is 187 Å². The van der Waals surface area contributed by atoms with Gasteiger partial charge >= 0.3 is 0 Å². The van der Waals surface area contributed by atoms with Crippen LogP contribution in [0, 0.1) is 17.0 Å². The van der Waals surface area contributed by atoms with Gasteiger partial charge in [-0.25, -0.2) is 0 Å². The molecule has 0 N–H and O–H groups in total. The van der Waals surface area contributed by atoms with Gasteiger partial charge < -0.3 is 19.0 Å². The van der Waals surface area contributed by atoms with Gasteiger partial charge in [0.2, 0.25) is 5.91 Å². The summed E-state index contributed by atoms with van der Waals surface area (Å²) >= 11 is 0. The molecule has 0 bridgehead atoms. The van der Waals surface area contributed by atoms with Gasteiger partial charge in [0.05, 0.1) is 23.8 Å². The molecule has 1 aliphatic heterocycles. The van der Waals surface area contributed by atoms with Crippen molar-refractivity contribution in [1.82, 2.24) is 9.80 Å². The van der Waals surface area contributed by atoms with Crippen molar-refractivity contribution in [1.29, 1.82) is 0 Å². The smallest absolute Gasteiger partial charge is 0.273 e. The van der Waals surface area contributed by atoms with E-state index in [0.717, 1.165) is 12.8 Å². The summed E-state index contributed by atoms with van der Waals surface area (Å²) in [6, 6.07) is 7.65. The van der Waals surface area contributed by atoms with Crippen LogP contribution in [0.5, 0.6) is 0 Å². The molecule has 0 saturated carbocycles. The second kappa shape index (κ2) is 10.4. The van der Waals surface area contributed by atoms with Crippen molar-refractivity contribution in [3.63, 3.8) is 0 Å². The number of aryl methyl sites for hydroxylation is 1. The van der Waals surface area contributed by atoms with Gasteiger partial charge in [0.1, 0.15) is 12.3 Å². The van der Waals surface area contributed by atoms with Crippen LogP contribution < -0.4 is 0 Å². The average molecular weight is 444 g/mol. The maximum Gasteiger partial charge on any atom is 0.273 e. The number of rotatable bonds is 9. The van der Waals surface area contributed by atoms with Gasteiger partial charge in [-0.3, -0.25) is 19.7 Å². The normalized spacial score (nSPS) is 15.7. The van der Waals surface area contributed by atoms with E-state index in [4.69, 9.17) is 9.15 Å². The molecule has 2 aromatic rings. The van der Waals surface area contributed by atoms with Gasteiger partial charge in [-0.2, -0.15) is 0 Å². The van der Waals surface area contributed by atoms with E-state index in [-0.39, 0.29) is 42.4 Å². The zero-order valence-corrected chi connectivity index (χ0v) is 18.7. The van der Waals surface area contributed by atoms with Crippen LogP contribution in [0.2, 0.25) is 0 Å². The molecule has 1 fully saturated rings. The lowest BCUT2D eigenvalue weighted by atomic mass is 10.1. The second-order valence-electron chi connectivity index (χ2n) is 8.27. The van der Waals surface area contributed by atoms with E-state index in [1.54, 1.807) is 42.4 Å². The summed E-state index contributed by atoms with van der Waals surface area (Å²) in [5.41, 5.74) is 0.532. The maximum atomic E-state index is 13.3. The number of nitrogens with zero attached hydrogens (tertiary/aromatic N) is 3. The lowest BCUT2D eigenvalue weighted by Gasteiger charge is -2.31. The van der Waals surface area contributed by atoms with Gasteiger partial charge in [0, 0.05) is 36.4 Å². The number of hydrogen-bond acceptors (Lipinski definition) is 6. The van der Waals surface area contributed by atoms with Crippen LogP contribution in [0.4, 0.5) is 5.69 Å². The molecule has 0 spiro atoms. The fourth-order valence-corrected chi connectivity index (χ4v) is 3.72. The largest absolute Gasteiger partial charge is 0.467 e. The summed E-state index contributed by atoms with van der Waals surface area (Å²) < 4.78 is 11.1. The second-order valence-corrected chi connectivity index (χ2v) is 8.27. The summed E-state index contributed by atoms with van der Waals surface area (Å²) in [6.45, 7) is 6.46. The standard InChI is InChI=1S/C23H29N3O6/c1-16(2)25(23(28)18-9-8-17(3)21(12-18)26(29)30)15-22(27)24(13-19-6-4-10-31-19)14-20-7-5-11-32-20/h4,6,8-10,12,16,20H,5,7,11,13-15H2,1-3H3. The Balaban J connectivity index is 1.78. The quantitative estimate of drug-likeness (QED) is 0.433. The molecule has 1 aliphatic rings. The Kier molecular flexibility index (Phi) is 7.63. The first-order valence-electron chi connectivity index (χ1n) is 10.7. The number of ether oxygens (including phenoxy) is 1. The average Bonchev–Trinajstić information content (AvgIpc) is 3.45. The molecule has 0 radical (unpaired) electrons. The first-order valence-corrected chi connectivity index (χ1v) is 10.7. The molecule has 9 heteroatoms. The molecule has 2 heterocycles. The molecule has 1 aromatic heterocycles. The van der Waals surface area contributed by atoms with E-state index in [0.29, 0.717) is 24.5 Å². The van der Waals surface area contributed by atoms with Crippen LogP contribution in [0.25, 0.3) is 0 Å². The lowest BCUT2D eigenvalue weighted by Crippen LogP contribution is -2.47. The summed E-state index contributed by atoms with van der Waals surface area (Å²) in [5.74, 6) is -0.0139. The van der Waals surface area contributed by atoms with Crippen molar-refractivity contribution in [3.8, 4) is 0 Å².